The first-order valence-corrected chi connectivity index (χ1v) is 8.97. The predicted molar refractivity (Wildman–Crippen MR) is 106 cm³/mol. The second-order valence-corrected chi connectivity index (χ2v) is 6.94. The maximum atomic E-state index is 12.9. The van der Waals surface area contributed by atoms with Gasteiger partial charge in [-0.3, -0.25) is 9.59 Å². The standard InChI is InChI=1S/C22H23NO4/c1-13(2)18(12-24)23-22(26)17-11-7-10-16-19(25)14(3)20(27-21(16)17)15-8-5-4-6-9-15/h4-11,13,18,24H,12H2,1-3H3,(H,23,26). The van der Waals surface area contributed by atoms with Crippen molar-refractivity contribution in [3.05, 3.63) is 69.9 Å². The molecular weight excluding hydrogens is 342 g/mol. The fourth-order valence-electron chi connectivity index (χ4n) is 3.02. The number of hydrogen-bond acceptors (Lipinski definition) is 4. The van der Waals surface area contributed by atoms with Crippen LogP contribution in [0.2, 0.25) is 0 Å². The first-order chi connectivity index (χ1) is 12.9. The lowest BCUT2D eigenvalue weighted by atomic mass is 10.0. The molecule has 140 valence electrons. The van der Waals surface area contributed by atoms with Crippen LogP contribution < -0.4 is 10.7 Å². The Kier molecular flexibility index (Phi) is 5.42. The summed E-state index contributed by atoms with van der Waals surface area (Å²) >= 11 is 0. The maximum absolute atomic E-state index is 12.9. The molecule has 5 nitrogen and oxygen atoms in total. The van der Waals surface area contributed by atoms with Gasteiger partial charge in [-0.15, -0.1) is 0 Å². The summed E-state index contributed by atoms with van der Waals surface area (Å²) < 4.78 is 6.06. The van der Waals surface area contributed by atoms with Crippen LogP contribution in [-0.2, 0) is 0 Å². The second kappa shape index (κ2) is 7.76. The Labute approximate surface area is 157 Å². The average Bonchev–Trinajstić information content (AvgIpc) is 2.68. The van der Waals surface area contributed by atoms with E-state index >= 15 is 0 Å². The molecular formula is C22H23NO4. The number of benzene rings is 2. The van der Waals surface area contributed by atoms with Crippen LogP contribution >= 0.6 is 0 Å². The normalized spacial score (nSPS) is 12.3. The average molecular weight is 365 g/mol. The van der Waals surface area contributed by atoms with E-state index in [9.17, 15) is 14.7 Å². The van der Waals surface area contributed by atoms with Gasteiger partial charge in [-0.2, -0.15) is 0 Å². The third-order valence-corrected chi connectivity index (χ3v) is 4.74. The predicted octanol–water partition coefficient (Wildman–Crippen LogP) is 3.52. The van der Waals surface area contributed by atoms with Crippen LogP contribution in [0.15, 0.2) is 57.7 Å². The number of aliphatic hydroxyl groups is 1. The monoisotopic (exact) mass is 365 g/mol. The lowest BCUT2D eigenvalue weighted by molar-refractivity contribution is 0.0897. The van der Waals surface area contributed by atoms with Crippen LogP contribution in [-0.4, -0.2) is 23.7 Å². The van der Waals surface area contributed by atoms with E-state index in [1.807, 2.05) is 44.2 Å². The number of aliphatic hydroxyl groups excluding tert-OH is 1. The molecule has 0 aliphatic carbocycles. The Morgan fingerprint density at radius 2 is 1.81 bits per heavy atom. The van der Waals surface area contributed by atoms with E-state index in [4.69, 9.17) is 4.42 Å². The molecule has 0 radical (unpaired) electrons. The molecule has 1 amide bonds. The van der Waals surface area contributed by atoms with Gasteiger partial charge < -0.3 is 14.8 Å². The number of carbonyl (C=O) groups is 1. The van der Waals surface area contributed by atoms with Gasteiger partial charge in [0.15, 0.2) is 11.0 Å². The lowest BCUT2D eigenvalue weighted by Gasteiger charge is -2.20. The van der Waals surface area contributed by atoms with Crippen molar-refractivity contribution in [2.45, 2.75) is 26.8 Å². The van der Waals surface area contributed by atoms with E-state index in [1.54, 1.807) is 25.1 Å². The highest BCUT2D eigenvalue weighted by molar-refractivity contribution is 6.05. The van der Waals surface area contributed by atoms with Gasteiger partial charge in [0.25, 0.3) is 5.91 Å². The molecule has 0 aliphatic rings. The summed E-state index contributed by atoms with van der Waals surface area (Å²) in [6.07, 6.45) is 0. The number of hydrogen-bond donors (Lipinski definition) is 2. The Morgan fingerprint density at radius 1 is 1.11 bits per heavy atom. The summed E-state index contributed by atoms with van der Waals surface area (Å²) in [4.78, 5) is 25.6. The molecule has 0 saturated heterocycles. The third-order valence-electron chi connectivity index (χ3n) is 4.74. The summed E-state index contributed by atoms with van der Waals surface area (Å²) in [5.41, 5.74) is 1.65. The van der Waals surface area contributed by atoms with Gasteiger partial charge in [0.05, 0.1) is 23.6 Å². The zero-order valence-electron chi connectivity index (χ0n) is 15.7. The smallest absolute Gasteiger partial charge is 0.255 e. The summed E-state index contributed by atoms with van der Waals surface area (Å²) in [5, 5.41) is 12.7. The van der Waals surface area contributed by atoms with Crippen molar-refractivity contribution in [1.29, 1.82) is 0 Å². The molecule has 5 heteroatoms. The number of amides is 1. The molecule has 1 unspecified atom stereocenters. The van der Waals surface area contributed by atoms with Crippen LogP contribution in [0.1, 0.15) is 29.8 Å². The van der Waals surface area contributed by atoms with Gasteiger partial charge in [-0.05, 0) is 25.0 Å². The Morgan fingerprint density at radius 3 is 2.44 bits per heavy atom. The zero-order chi connectivity index (χ0) is 19.6. The van der Waals surface area contributed by atoms with Crippen LogP contribution in [0.4, 0.5) is 0 Å². The highest BCUT2D eigenvalue weighted by atomic mass is 16.3. The highest BCUT2D eigenvalue weighted by Crippen LogP contribution is 2.27. The molecule has 0 fully saturated rings. The van der Waals surface area contributed by atoms with E-state index in [0.717, 1.165) is 5.56 Å². The van der Waals surface area contributed by atoms with Crippen molar-refractivity contribution in [2.24, 2.45) is 5.92 Å². The summed E-state index contributed by atoms with van der Waals surface area (Å²) in [6.45, 7) is 5.40. The molecule has 1 aromatic heterocycles. The van der Waals surface area contributed by atoms with Crippen molar-refractivity contribution >= 4 is 16.9 Å². The van der Waals surface area contributed by atoms with Crippen LogP contribution in [0.5, 0.6) is 0 Å². The number of nitrogens with one attached hydrogen (secondary N) is 1. The van der Waals surface area contributed by atoms with Crippen molar-refractivity contribution in [3.63, 3.8) is 0 Å². The van der Waals surface area contributed by atoms with E-state index in [-0.39, 0.29) is 41.0 Å². The van der Waals surface area contributed by atoms with Crippen LogP contribution in [0.25, 0.3) is 22.3 Å². The van der Waals surface area contributed by atoms with Crippen molar-refractivity contribution in [2.75, 3.05) is 6.61 Å². The van der Waals surface area contributed by atoms with Gasteiger partial charge in [-0.1, -0.05) is 50.2 Å². The quantitative estimate of drug-likeness (QED) is 0.725. The minimum Gasteiger partial charge on any atom is -0.455 e. The minimum absolute atomic E-state index is 0.0723. The number of rotatable bonds is 5. The Balaban J connectivity index is 2.16. The minimum atomic E-state index is -0.376. The molecule has 3 aromatic rings. The molecule has 27 heavy (non-hydrogen) atoms. The van der Waals surface area contributed by atoms with Gasteiger partial charge in [0.1, 0.15) is 5.76 Å². The molecule has 1 atom stereocenters. The molecule has 0 spiro atoms. The molecule has 3 rings (SSSR count). The highest BCUT2D eigenvalue weighted by Gasteiger charge is 2.21. The fraction of sp³-hybridized carbons (Fsp3) is 0.273. The summed E-state index contributed by atoms with van der Waals surface area (Å²) in [5.74, 6) is 0.151. The lowest BCUT2D eigenvalue weighted by Crippen LogP contribution is -2.41. The maximum Gasteiger partial charge on any atom is 0.255 e. The van der Waals surface area contributed by atoms with Crippen molar-refractivity contribution < 1.29 is 14.3 Å². The van der Waals surface area contributed by atoms with Gasteiger partial charge in [-0.25, -0.2) is 0 Å². The first-order valence-electron chi connectivity index (χ1n) is 8.97. The first kappa shape index (κ1) is 18.9. The van der Waals surface area contributed by atoms with Gasteiger partial charge in [0.2, 0.25) is 0 Å². The number of fused-ring (bicyclic) bond motifs is 1. The molecule has 0 saturated carbocycles. The molecule has 0 aliphatic heterocycles. The topological polar surface area (TPSA) is 79.5 Å². The van der Waals surface area contributed by atoms with Crippen molar-refractivity contribution in [1.82, 2.24) is 5.32 Å². The van der Waals surface area contributed by atoms with Crippen LogP contribution in [0.3, 0.4) is 0 Å². The number of carbonyl (C=O) groups excluding carboxylic acids is 1. The second-order valence-electron chi connectivity index (χ2n) is 6.94. The third kappa shape index (κ3) is 3.64. The van der Waals surface area contributed by atoms with Crippen LogP contribution in [0, 0.1) is 12.8 Å². The van der Waals surface area contributed by atoms with E-state index in [2.05, 4.69) is 5.32 Å². The number of para-hydroxylation sites is 1. The SMILES string of the molecule is Cc1c(-c2ccccc2)oc2c(C(=O)NC(CO)C(C)C)cccc2c1=O. The Bertz CT molecular complexity index is 1020. The molecule has 2 aromatic carbocycles. The molecule has 1 heterocycles. The fourth-order valence-corrected chi connectivity index (χ4v) is 3.02. The van der Waals surface area contributed by atoms with Gasteiger partial charge in [0, 0.05) is 11.1 Å². The van der Waals surface area contributed by atoms with Gasteiger partial charge >= 0.3 is 0 Å². The summed E-state index contributed by atoms with van der Waals surface area (Å²) in [6, 6.07) is 13.9. The van der Waals surface area contributed by atoms with E-state index in [0.29, 0.717) is 16.7 Å². The summed E-state index contributed by atoms with van der Waals surface area (Å²) in [7, 11) is 0. The zero-order valence-corrected chi connectivity index (χ0v) is 15.7. The van der Waals surface area contributed by atoms with Crippen molar-refractivity contribution in [3.8, 4) is 11.3 Å². The molecule has 2 N–H and O–H groups in total. The largest absolute Gasteiger partial charge is 0.455 e. The Hall–Kier alpha value is -2.92. The molecule has 0 bridgehead atoms. The van der Waals surface area contributed by atoms with E-state index in [1.165, 1.54) is 0 Å². The van der Waals surface area contributed by atoms with E-state index < -0.39 is 0 Å².